The van der Waals surface area contributed by atoms with E-state index in [1.165, 1.54) is 0 Å². The number of phenols is 2. The van der Waals surface area contributed by atoms with E-state index in [0.717, 1.165) is 54.3 Å². The first kappa shape index (κ1) is 24.6. The van der Waals surface area contributed by atoms with E-state index in [1.54, 1.807) is 11.8 Å². The smallest absolute Gasteiger partial charge is 0.131 e. The second-order valence-electron chi connectivity index (χ2n) is 9.30. The van der Waals surface area contributed by atoms with Crippen molar-refractivity contribution in [3.63, 3.8) is 0 Å². The highest BCUT2D eigenvalue weighted by molar-refractivity contribution is 7.99. The van der Waals surface area contributed by atoms with Crippen LogP contribution in [0.15, 0.2) is 155 Å². The Kier molecular flexibility index (Phi) is 6.90. The second-order valence-corrected chi connectivity index (χ2v) is 10.4. The summed E-state index contributed by atoms with van der Waals surface area (Å²) in [5.41, 5.74) is 6.94. The highest BCUT2D eigenvalue weighted by atomic mass is 32.2. The molecular weight excluding hydrogens is 496 g/mol. The maximum atomic E-state index is 11.4. The highest BCUT2D eigenvalue weighted by Crippen LogP contribution is 2.46. The SMILES string of the molecule is Oc1c(-c2ccccc2)cc(Sc2cc(-c3ccccc3)c(O)c(-c3ccccc3)c2)cc1-c1ccccc1. The third kappa shape index (κ3) is 5.18. The van der Waals surface area contributed by atoms with E-state index in [2.05, 4.69) is 0 Å². The molecule has 0 saturated heterocycles. The first-order valence-electron chi connectivity index (χ1n) is 12.8. The predicted octanol–water partition coefficient (Wildman–Crippen LogP) is 9.92. The Hall–Kier alpha value is -4.73. The van der Waals surface area contributed by atoms with Crippen molar-refractivity contribution in [2.75, 3.05) is 0 Å². The summed E-state index contributed by atoms with van der Waals surface area (Å²) in [5, 5.41) is 22.7. The van der Waals surface area contributed by atoms with E-state index in [-0.39, 0.29) is 11.5 Å². The fourth-order valence-electron chi connectivity index (χ4n) is 4.82. The van der Waals surface area contributed by atoms with Crippen LogP contribution in [0.4, 0.5) is 0 Å². The Labute approximate surface area is 232 Å². The van der Waals surface area contributed by atoms with Crippen LogP contribution in [-0.2, 0) is 0 Å². The molecule has 2 nitrogen and oxygen atoms in total. The van der Waals surface area contributed by atoms with E-state index in [4.69, 9.17) is 0 Å². The number of phenolic OH excluding ortho intramolecular Hbond substituents is 2. The Balaban J connectivity index is 1.52. The van der Waals surface area contributed by atoms with Gasteiger partial charge in [0.1, 0.15) is 11.5 Å². The molecule has 188 valence electrons. The van der Waals surface area contributed by atoms with Gasteiger partial charge in [0.05, 0.1) is 0 Å². The first-order valence-corrected chi connectivity index (χ1v) is 13.6. The van der Waals surface area contributed by atoms with Crippen molar-refractivity contribution in [2.24, 2.45) is 0 Å². The molecule has 0 unspecified atom stereocenters. The number of aromatic hydroxyl groups is 2. The fourth-order valence-corrected chi connectivity index (χ4v) is 5.80. The molecule has 39 heavy (non-hydrogen) atoms. The molecule has 0 spiro atoms. The summed E-state index contributed by atoms with van der Waals surface area (Å²) in [4.78, 5) is 1.99. The van der Waals surface area contributed by atoms with Gasteiger partial charge >= 0.3 is 0 Å². The molecule has 0 aliphatic carbocycles. The molecule has 3 heteroatoms. The van der Waals surface area contributed by atoms with Crippen molar-refractivity contribution in [1.82, 2.24) is 0 Å². The lowest BCUT2D eigenvalue weighted by atomic mass is 9.97. The third-order valence-corrected chi connectivity index (χ3v) is 7.68. The summed E-state index contributed by atoms with van der Waals surface area (Å²) in [6.07, 6.45) is 0. The summed E-state index contributed by atoms with van der Waals surface area (Å²) in [5.74, 6) is 0.523. The third-order valence-electron chi connectivity index (χ3n) is 6.74. The van der Waals surface area contributed by atoms with Gasteiger partial charge in [0.2, 0.25) is 0 Å². The highest BCUT2D eigenvalue weighted by Gasteiger charge is 2.17. The summed E-state index contributed by atoms with van der Waals surface area (Å²) in [6, 6.07) is 48.0. The Morgan fingerprint density at radius 3 is 0.795 bits per heavy atom. The van der Waals surface area contributed by atoms with Crippen LogP contribution in [0.5, 0.6) is 11.5 Å². The van der Waals surface area contributed by atoms with Crippen molar-refractivity contribution >= 4 is 11.8 Å². The molecule has 0 amide bonds. The minimum atomic E-state index is 0.261. The van der Waals surface area contributed by atoms with Crippen LogP contribution >= 0.6 is 11.8 Å². The van der Waals surface area contributed by atoms with Gasteiger partial charge in [-0.05, 0) is 46.5 Å². The molecule has 0 aliphatic rings. The zero-order chi connectivity index (χ0) is 26.6. The number of benzene rings is 6. The Bertz CT molecular complexity index is 1460. The molecule has 0 atom stereocenters. The van der Waals surface area contributed by atoms with Gasteiger partial charge in [-0.25, -0.2) is 0 Å². The standard InChI is InChI=1S/C36H26O2S/c37-35-31(25-13-5-1-6-14-25)21-29(22-32(35)26-15-7-2-8-16-26)39-30-23-33(27-17-9-3-10-18-27)36(38)34(24-30)28-19-11-4-12-20-28/h1-24,37-38H. The van der Waals surface area contributed by atoms with Crippen LogP contribution in [0, 0.1) is 0 Å². The second kappa shape index (κ2) is 10.9. The van der Waals surface area contributed by atoms with E-state index >= 15 is 0 Å². The van der Waals surface area contributed by atoms with Crippen LogP contribution in [-0.4, -0.2) is 10.2 Å². The normalized spacial score (nSPS) is 10.9. The van der Waals surface area contributed by atoms with Crippen molar-refractivity contribution in [2.45, 2.75) is 9.79 Å². The van der Waals surface area contributed by atoms with Crippen LogP contribution in [0.1, 0.15) is 0 Å². The van der Waals surface area contributed by atoms with Crippen LogP contribution in [0.3, 0.4) is 0 Å². The lowest BCUT2D eigenvalue weighted by Crippen LogP contribution is -1.89. The maximum Gasteiger partial charge on any atom is 0.131 e. The quantitative estimate of drug-likeness (QED) is 0.229. The van der Waals surface area contributed by atoms with Gasteiger partial charge in [0, 0.05) is 32.0 Å². The molecule has 2 N–H and O–H groups in total. The molecule has 6 rings (SSSR count). The summed E-state index contributed by atoms with van der Waals surface area (Å²) >= 11 is 1.62. The zero-order valence-electron chi connectivity index (χ0n) is 21.2. The minimum absolute atomic E-state index is 0.261. The van der Waals surface area contributed by atoms with Crippen LogP contribution < -0.4 is 0 Å². The van der Waals surface area contributed by atoms with Gasteiger partial charge < -0.3 is 10.2 Å². The summed E-state index contributed by atoms with van der Waals surface area (Å²) in [6.45, 7) is 0. The van der Waals surface area contributed by atoms with Crippen molar-refractivity contribution in [1.29, 1.82) is 0 Å². The topological polar surface area (TPSA) is 40.5 Å². The number of rotatable bonds is 6. The van der Waals surface area contributed by atoms with Gasteiger partial charge in [-0.2, -0.15) is 0 Å². The molecule has 0 heterocycles. The van der Waals surface area contributed by atoms with Crippen LogP contribution in [0.2, 0.25) is 0 Å². The summed E-state index contributed by atoms with van der Waals surface area (Å²) in [7, 11) is 0. The average molecular weight is 523 g/mol. The molecular formula is C36H26O2S. The molecule has 0 saturated carbocycles. The van der Waals surface area contributed by atoms with E-state index in [9.17, 15) is 10.2 Å². The van der Waals surface area contributed by atoms with Gasteiger partial charge in [0.25, 0.3) is 0 Å². The molecule has 0 aromatic heterocycles. The van der Waals surface area contributed by atoms with Crippen LogP contribution in [0.25, 0.3) is 44.5 Å². The van der Waals surface area contributed by atoms with Crippen molar-refractivity contribution in [3.8, 4) is 56.0 Å². The van der Waals surface area contributed by atoms with E-state index < -0.39 is 0 Å². The van der Waals surface area contributed by atoms with Gasteiger partial charge in [-0.3, -0.25) is 0 Å². The number of hydrogen-bond donors (Lipinski definition) is 2. The average Bonchev–Trinajstić information content (AvgIpc) is 3.00. The minimum Gasteiger partial charge on any atom is -0.507 e. The van der Waals surface area contributed by atoms with E-state index in [1.807, 2.05) is 146 Å². The molecule has 6 aromatic carbocycles. The molecule has 6 aromatic rings. The Morgan fingerprint density at radius 1 is 0.333 bits per heavy atom. The largest absolute Gasteiger partial charge is 0.507 e. The summed E-state index contributed by atoms with van der Waals surface area (Å²) < 4.78 is 0. The van der Waals surface area contributed by atoms with Gasteiger partial charge in [-0.15, -0.1) is 0 Å². The predicted molar refractivity (Wildman–Crippen MR) is 162 cm³/mol. The van der Waals surface area contributed by atoms with Gasteiger partial charge in [-0.1, -0.05) is 133 Å². The molecule has 0 radical (unpaired) electrons. The molecule has 0 bridgehead atoms. The number of hydrogen-bond acceptors (Lipinski definition) is 3. The van der Waals surface area contributed by atoms with Crippen molar-refractivity contribution < 1.29 is 10.2 Å². The zero-order valence-corrected chi connectivity index (χ0v) is 22.0. The van der Waals surface area contributed by atoms with Gasteiger partial charge in [0.15, 0.2) is 0 Å². The van der Waals surface area contributed by atoms with E-state index in [0.29, 0.717) is 0 Å². The van der Waals surface area contributed by atoms with Crippen molar-refractivity contribution in [3.05, 3.63) is 146 Å². The maximum absolute atomic E-state index is 11.4. The Morgan fingerprint density at radius 2 is 0.564 bits per heavy atom. The molecule has 0 aliphatic heterocycles. The first-order chi connectivity index (χ1) is 19.2. The lowest BCUT2D eigenvalue weighted by Gasteiger charge is -2.16. The lowest BCUT2D eigenvalue weighted by molar-refractivity contribution is 0.478. The molecule has 0 fully saturated rings. The monoisotopic (exact) mass is 522 g/mol. The fraction of sp³-hybridized carbons (Fsp3) is 0.